The number of carbonyl (C=O) groups excluding carboxylic acids is 1. The summed E-state index contributed by atoms with van der Waals surface area (Å²) in [7, 11) is 0. The molecule has 0 spiro atoms. The van der Waals surface area contributed by atoms with Gasteiger partial charge in [0, 0.05) is 30.5 Å². The Morgan fingerprint density at radius 1 is 0.909 bits per heavy atom. The Kier molecular flexibility index (Phi) is 8.19. The van der Waals surface area contributed by atoms with Crippen LogP contribution in [0.3, 0.4) is 0 Å². The fraction of sp³-hybridized carbons (Fsp3) is 0.296. The maximum absolute atomic E-state index is 12.3. The average Bonchev–Trinajstić information content (AvgIpc) is 3.37. The summed E-state index contributed by atoms with van der Waals surface area (Å²) in [6.45, 7) is 2.12. The van der Waals surface area contributed by atoms with Gasteiger partial charge in [-0.25, -0.2) is 0 Å². The normalized spacial score (nSPS) is 15.1. The average molecular weight is 447 g/mol. The summed E-state index contributed by atoms with van der Waals surface area (Å²) in [5, 5.41) is 6.03. The smallest absolute Gasteiger partial charge is 0.243 e. The summed E-state index contributed by atoms with van der Waals surface area (Å²) in [4.78, 5) is 12.3. The van der Waals surface area contributed by atoms with Crippen molar-refractivity contribution in [1.82, 2.24) is 0 Å². The molecule has 1 saturated heterocycles. The summed E-state index contributed by atoms with van der Waals surface area (Å²) in [6, 6.07) is 25.3. The van der Waals surface area contributed by atoms with Crippen LogP contribution in [0.15, 0.2) is 78.9 Å². The monoisotopic (exact) mass is 446 g/mol. The summed E-state index contributed by atoms with van der Waals surface area (Å²) in [5.41, 5.74) is 2.81. The molecule has 1 aliphatic heterocycles. The molecular weight excluding hydrogens is 416 g/mol. The van der Waals surface area contributed by atoms with E-state index >= 15 is 0 Å². The van der Waals surface area contributed by atoms with E-state index in [0.717, 1.165) is 43.1 Å². The lowest BCUT2D eigenvalue weighted by Gasteiger charge is -2.13. The zero-order valence-electron chi connectivity index (χ0n) is 18.7. The molecule has 3 aromatic rings. The lowest BCUT2D eigenvalue weighted by molar-refractivity contribution is -0.114. The van der Waals surface area contributed by atoms with E-state index < -0.39 is 0 Å². The molecular formula is C27H30N2O4. The SMILES string of the molecule is O=C(CNc1ccc(OCCc2ccccc2)cc1)Nc1cccc(OCC2CCCO2)c1. The second-order valence-electron chi connectivity index (χ2n) is 7.98. The van der Waals surface area contributed by atoms with Crippen LogP contribution in [0.25, 0.3) is 0 Å². The predicted octanol–water partition coefficient (Wildman–Crippen LogP) is 4.92. The van der Waals surface area contributed by atoms with E-state index in [0.29, 0.717) is 18.9 Å². The van der Waals surface area contributed by atoms with Crippen molar-refractivity contribution in [2.45, 2.75) is 25.4 Å². The van der Waals surface area contributed by atoms with Crippen LogP contribution in [0.5, 0.6) is 11.5 Å². The van der Waals surface area contributed by atoms with Crippen LogP contribution in [0, 0.1) is 0 Å². The number of amides is 1. The second-order valence-corrected chi connectivity index (χ2v) is 7.98. The van der Waals surface area contributed by atoms with Gasteiger partial charge in [-0.15, -0.1) is 0 Å². The Morgan fingerprint density at radius 3 is 2.55 bits per heavy atom. The van der Waals surface area contributed by atoms with Crippen molar-refractivity contribution in [1.29, 1.82) is 0 Å². The van der Waals surface area contributed by atoms with Gasteiger partial charge in [-0.1, -0.05) is 36.4 Å². The maximum atomic E-state index is 12.3. The number of benzene rings is 3. The predicted molar refractivity (Wildman–Crippen MR) is 130 cm³/mol. The highest BCUT2D eigenvalue weighted by molar-refractivity contribution is 5.93. The van der Waals surface area contributed by atoms with Gasteiger partial charge in [0.2, 0.25) is 5.91 Å². The number of nitrogens with one attached hydrogen (secondary N) is 2. The highest BCUT2D eigenvalue weighted by Crippen LogP contribution is 2.20. The maximum Gasteiger partial charge on any atom is 0.243 e. The highest BCUT2D eigenvalue weighted by Gasteiger charge is 2.16. The van der Waals surface area contributed by atoms with Gasteiger partial charge in [0.15, 0.2) is 0 Å². The van der Waals surface area contributed by atoms with Crippen molar-refractivity contribution >= 4 is 17.3 Å². The minimum atomic E-state index is -0.130. The zero-order valence-corrected chi connectivity index (χ0v) is 18.7. The van der Waals surface area contributed by atoms with E-state index in [2.05, 4.69) is 22.8 Å². The standard InChI is InChI=1S/C27H30N2O4/c30-27(29-23-8-4-9-25(18-23)33-20-26-10-5-16-31-26)19-28-22-11-13-24(14-12-22)32-17-15-21-6-2-1-3-7-21/h1-4,6-9,11-14,18,26,28H,5,10,15-17,19-20H2,(H,29,30). The van der Waals surface area contributed by atoms with E-state index in [1.165, 1.54) is 5.56 Å². The molecule has 1 unspecified atom stereocenters. The Balaban J connectivity index is 1.17. The number of carbonyl (C=O) groups is 1. The van der Waals surface area contributed by atoms with Crippen molar-refractivity contribution in [3.05, 3.63) is 84.4 Å². The van der Waals surface area contributed by atoms with Gasteiger partial charge in [-0.3, -0.25) is 4.79 Å². The van der Waals surface area contributed by atoms with Crippen LogP contribution in [-0.2, 0) is 16.0 Å². The van der Waals surface area contributed by atoms with Gasteiger partial charge >= 0.3 is 0 Å². The van der Waals surface area contributed by atoms with Crippen LogP contribution in [-0.4, -0.2) is 38.4 Å². The van der Waals surface area contributed by atoms with Gasteiger partial charge in [0.1, 0.15) is 18.1 Å². The fourth-order valence-corrected chi connectivity index (χ4v) is 3.62. The first-order chi connectivity index (χ1) is 16.2. The number of ether oxygens (including phenoxy) is 3. The molecule has 1 aliphatic rings. The van der Waals surface area contributed by atoms with Crippen LogP contribution < -0.4 is 20.1 Å². The quantitative estimate of drug-likeness (QED) is 0.438. The largest absolute Gasteiger partial charge is 0.493 e. The lowest BCUT2D eigenvalue weighted by Crippen LogP contribution is -2.21. The number of rotatable bonds is 11. The van der Waals surface area contributed by atoms with E-state index in [-0.39, 0.29) is 18.6 Å². The molecule has 0 saturated carbocycles. The minimum absolute atomic E-state index is 0.130. The van der Waals surface area contributed by atoms with Gasteiger partial charge in [0.25, 0.3) is 0 Å². The van der Waals surface area contributed by atoms with Crippen LogP contribution in [0.1, 0.15) is 18.4 Å². The second kappa shape index (κ2) is 11.9. The molecule has 1 heterocycles. The Bertz CT molecular complexity index is 1000. The van der Waals surface area contributed by atoms with Gasteiger partial charge < -0.3 is 24.8 Å². The molecule has 6 heteroatoms. The van der Waals surface area contributed by atoms with Crippen LogP contribution in [0.2, 0.25) is 0 Å². The molecule has 172 valence electrons. The van der Waals surface area contributed by atoms with Crippen molar-refractivity contribution in [3.63, 3.8) is 0 Å². The summed E-state index contributed by atoms with van der Waals surface area (Å²) < 4.78 is 17.2. The minimum Gasteiger partial charge on any atom is -0.493 e. The molecule has 1 atom stereocenters. The van der Waals surface area contributed by atoms with Crippen LogP contribution >= 0.6 is 0 Å². The van der Waals surface area contributed by atoms with Crippen LogP contribution in [0.4, 0.5) is 11.4 Å². The topological polar surface area (TPSA) is 68.8 Å². The Labute approximate surface area is 194 Å². The third kappa shape index (κ3) is 7.54. The summed E-state index contributed by atoms with van der Waals surface area (Å²) in [5.74, 6) is 1.40. The highest BCUT2D eigenvalue weighted by atomic mass is 16.5. The third-order valence-corrected chi connectivity index (χ3v) is 5.39. The van der Waals surface area contributed by atoms with E-state index in [1.807, 2.05) is 66.7 Å². The fourth-order valence-electron chi connectivity index (χ4n) is 3.62. The first-order valence-corrected chi connectivity index (χ1v) is 11.4. The molecule has 0 aromatic heterocycles. The molecule has 33 heavy (non-hydrogen) atoms. The van der Waals surface area contributed by atoms with Gasteiger partial charge in [-0.05, 0) is 54.8 Å². The molecule has 3 aromatic carbocycles. The Morgan fingerprint density at radius 2 is 1.76 bits per heavy atom. The number of hydrogen-bond acceptors (Lipinski definition) is 5. The zero-order chi connectivity index (χ0) is 22.7. The molecule has 6 nitrogen and oxygen atoms in total. The van der Waals surface area contributed by atoms with E-state index in [4.69, 9.17) is 14.2 Å². The van der Waals surface area contributed by atoms with Gasteiger partial charge in [0.05, 0.1) is 19.3 Å². The molecule has 0 radical (unpaired) electrons. The number of anilines is 2. The molecule has 1 amide bonds. The molecule has 4 rings (SSSR count). The first-order valence-electron chi connectivity index (χ1n) is 11.4. The molecule has 0 aliphatic carbocycles. The lowest BCUT2D eigenvalue weighted by atomic mass is 10.2. The summed E-state index contributed by atoms with van der Waals surface area (Å²) >= 11 is 0. The Hall–Kier alpha value is -3.51. The van der Waals surface area contributed by atoms with E-state index in [1.54, 1.807) is 0 Å². The molecule has 0 bridgehead atoms. The number of hydrogen-bond donors (Lipinski definition) is 2. The van der Waals surface area contributed by atoms with Crippen molar-refractivity contribution < 1.29 is 19.0 Å². The molecule has 1 fully saturated rings. The van der Waals surface area contributed by atoms with Crippen molar-refractivity contribution in [2.75, 3.05) is 37.0 Å². The van der Waals surface area contributed by atoms with E-state index in [9.17, 15) is 4.79 Å². The van der Waals surface area contributed by atoms with Crippen molar-refractivity contribution in [3.8, 4) is 11.5 Å². The first kappa shape index (κ1) is 22.7. The molecule has 2 N–H and O–H groups in total. The summed E-state index contributed by atoms with van der Waals surface area (Å²) in [6.07, 6.45) is 3.14. The van der Waals surface area contributed by atoms with Crippen molar-refractivity contribution in [2.24, 2.45) is 0 Å². The third-order valence-electron chi connectivity index (χ3n) is 5.39. The van der Waals surface area contributed by atoms with Gasteiger partial charge in [-0.2, -0.15) is 0 Å².